The van der Waals surface area contributed by atoms with E-state index in [1.54, 1.807) is 6.20 Å². The van der Waals surface area contributed by atoms with Gasteiger partial charge in [-0.25, -0.2) is 0 Å². The molecule has 0 saturated heterocycles. The Labute approximate surface area is 132 Å². The molecule has 108 valence electrons. The molecule has 0 aliphatic carbocycles. The van der Waals surface area contributed by atoms with Gasteiger partial charge in [-0.15, -0.1) is 0 Å². The summed E-state index contributed by atoms with van der Waals surface area (Å²) in [5, 5.41) is 2.70. The number of furan rings is 1. The molecule has 2 aromatic heterocycles. The smallest absolute Gasteiger partial charge is 0.135 e. The molecule has 0 aliphatic heterocycles. The molecule has 0 amide bonds. The average molecular weight is 309 g/mol. The molecule has 2 aromatic carbocycles. The Morgan fingerprint density at radius 2 is 1.73 bits per heavy atom. The fourth-order valence-electron chi connectivity index (χ4n) is 2.69. The van der Waals surface area contributed by atoms with Crippen LogP contribution >= 0.6 is 11.6 Å². The molecule has 4 aromatic rings. The molecule has 4 heteroatoms. The molecule has 0 bridgehead atoms. The first-order valence-corrected chi connectivity index (χ1v) is 7.38. The Kier molecular flexibility index (Phi) is 3.10. The molecule has 1 unspecified atom stereocenters. The van der Waals surface area contributed by atoms with E-state index >= 15 is 0 Å². The molecule has 2 N–H and O–H groups in total. The van der Waals surface area contributed by atoms with Crippen LogP contribution in [0, 0.1) is 0 Å². The zero-order valence-electron chi connectivity index (χ0n) is 11.7. The summed E-state index contributed by atoms with van der Waals surface area (Å²) in [5.74, 6) is 0. The number of fused-ring (bicyclic) bond motifs is 3. The van der Waals surface area contributed by atoms with Gasteiger partial charge in [0, 0.05) is 22.0 Å². The molecule has 2 heterocycles. The molecular weight excluding hydrogens is 296 g/mol. The van der Waals surface area contributed by atoms with Crippen LogP contribution in [0.25, 0.3) is 21.9 Å². The number of hydrogen-bond donors (Lipinski definition) is 1. The van der Waals surface area contributed by atoms with E-state index in [-0.39, 0.29) is 6.04 Å². The third-order valence-corrected chi connectivity index (χ3v) is 4.06. The lowest BCUT2D eigenvalue weighted by Gasteiger charge is -2.11. The largest absolute Gasteiger partial charge is 0.456 e. The zero-order valence-corrected chi connectivity index (χ0v) is 12.4. The van der Waals surface area contributed by atoms with Gasteiger partial charge in [0.1, 0.15) is 11.2 Å². The standard InChI is InChI=1S/C18H13ClN2O/c19-12-5-7-17-14(10-12)13-9-11(4-6-16(13)22-17)18(20)15-3-1-2-8-21-15/h1-10,18H,20H2. The van der Waals surface area contributed by atoms with Gasteiger partial charge in [0.2, 0.25) is 0 Å². The third kappa shape index (κ3) is 2.15. The van der Waals surface area contributed by atoms with E-state index < -0.39 is 0 Å². The Morgan fingerprint density at radius 3 is 2.50 bits per heavy atom. The number of rotatable bonds is 2. The van der Waals surface area contributed by atoms with E-state index in [0.29, 0.717) is 5.02 Å². The number of pyridine rings is 1. The zero-order chi connectivity index (χ0) is 15.1. The molecular formula is C18H13ClN2O. The topological polar surface area (TPSA) is 52.0 Å². The minimum absolute atomic E-state index is 0.269. The third-order valence-electron chi connectivity index (χ3n) is 3.82. The monoisotopic (exact) mass is 308 g/mol. The second-order valence-corrected chi connectivity index (χ2v) is 5.67. The van der Waals surface area contributed by atoms with Gasteiger partial charge in [-0.3, -0.25) is 4.98 Å². The van der Waals surface area contributed by atoms with Gasteiger partial charge in [0.05, 0.1) is 11.7 Å². The van der Waals surface area contributed by atoms with Crippen molar-refractivity contribution in [2.24, 2.45) is 5.73 Å². The molecule has 1 atom stereocenters. The highest BCUT2D eigenvalue weighted by atomic mass is 35.5. The van der Waals surface area contributed by atoms with Crippen LogP contribution in [-0.2, 0) is 0 Å². The number of nitrogens with zero attached hydrogens (tertiary/aromatic N) is 1. The van der Waals surface area contributed by atoms with Crippen molar-refractivity contribution in [3.05, 3.63) is 77.1 Å². The first-order chi connectivity index (χ1) is 10.7. The molecule has 0 saturated carbocycles. The van der Waals surface area contributed by atoms with E-state index in [2.05, 4.69) is 11.1 Å². The molecule has 4 rings (SSSR count). The maximum atomic E-state index is 6.33. The summed E-state index contributed by atoms with van der Waals surface area (Å²) in [6.07, 6.45) is 1.75. The predicted molar refractivity (Wildman–Crippen MR) is 89.0 cm³/mol. The highest BCUT2D eigenvalue weighted by molar-refractivity contribution is 6.31. The van der Waals surface area contributed by atoms with Gasteiger partial charge in [-0.2, -0.15) is 0 Å². The summed E-state index contributed by atoms with van der Waals surface area (Å²) >= 11 is 6.10. The molecule has 0 aliphatic rings. The number of aromatic nitrogens is 1. The Hall–Kier alpha value is -2.36. The maximum Gasteiger partial charge on any atom is 0.135 e. The number of hydrogen-bond acceptors (Lipinski definition) is 3. The number of benzene rings is 2. The normalized spacial score (nSPS) is 12.8. The van der Waals surface area contributed by atoms with Gasteiger partial charge < -0.3 is 10.2 Å². The van der Waals surface area contributed by atoms with Gasteiger partial charge in [-0.05, 0) is 48.0 Å². The van der Waals surface area contributed by atoms with Crippen molar-refractivity contribution in [3.63, 3.8) is 0 Å². The second-order valence-electron chi connectivity index (χ2n) is 5.23. The van der Waals surface area contributed by atoms with Crippen molar-refractivity contribution in [1.82, 2.24) is 4.98 Å². The molecule has 3 nitrogen and oxygen atoms in total. The minimum atomic E-state index is -0.269. The predicted octanol–water partition coefficient (Wildman–Crippen LogP) is 4.68. The van der Waals surface area contributed by atoms with Crippen LogP contribution in [-0.4, -0.2) is 4.98 Å². The molecule has 0 fully saturated rings. The molecule has 0 spiro atoms. The van der Waals surface area contributed by atoms with Crippen LogP contribution in [0.2, 0.25) is 5.02 Å². The first-order valence-electron chi connectivity index (χ1n) is 7.00. The van der Waals surface area contributed by atoms with E-state index in [1.165, 1.54) is 0 Å². The van der Waals surface area contributed by atoms with Crippen molar-refractivity contribution in [2.75, 3.05) is 0 Å². The van der Waals surface area contributed by atoms with Crippen LogP contribution in [0.1, 0.15) is 17.3 Å². The van der Waals surface area contributed by atoms with E-state index in [0.717, 1.165) is 33.2 Å². The fraction of sp³-hybridized carbons (Fsp3) is 0.0556. The van der Waals surface area contributed by atoms with Crippen LogP contribution < -0.4 is 5.73 Å². The van der Waals surface area contributed by atoms with Crippen molar-refractivity contribution >= 4 is 33.5 Å². The van der Waals surface area contributed by atoms with Gasteiger partial charge in [-0.1, -0.05) is 23.7 Å². The van der Waals surface area contributed by atoms with E-state index in [9.17, 15) is 0 Å². The van der Waals surface area contributed by atoms with E-state index in [4.69, 9.17) is 21.8 Å². The van der Waals surface area contributed by atoms with Crippen molar-refractivity contribution < 1.29 is 4.42 Å². The van der Waals surface area contributed by atoms with Crippen molar-refractivity contribution in [2.45, 2.75) is 6.04 Å². The van der Waals surface area contributed by atoms with Gasteiger partial charge >= 0.3 is 0 Å². The highest BCUT2D eigenvalue weighted by Crippen LogP contribution is 2.32. The van der Waals surface area contributed by atoms with Crippen LogP contribution in [0.15, 0.2) is 65.2 Å². The summed E-state index contributed by atoms with van der Waals surface area (Å²) in [6, 6.07) is 17.1. The second kappa shape index (κ2) is 5.13. The van der Waals surface area contributed by atoms with Gasteiger partial charge in [0.25, 0.3) is 0 Å². The summed E-state index contributed by atoms with van der Waals surface area (Å²) in [6.45, 7) is 0. The van der Waals surface area contributed by atoms with Crippen molar-refractivity contribution in [3.8, 4) is 0 Å². The van der Waals surface area contributed by atoms with Crippen LogP contribution in [0.4, 0.5) is 0 Å². The first kappa shape index (κ1) is 13.3. The summed E-state index contributed by atoms with van der Waals surface area (Å²) in [5.41, 5.74) is 9.82. The lowest BCUT2D eigenvalue weighted by Crippen LogP contribution is -2.13. The van der Waals surface area contributed by atoms with Gasteiger partial charge in [0.15, 0.2) is 0 Å². The summed E-state index contributed by atoms with van der Waals surface area (Å²) in [7, 11) is 0. The minimum Gasteiger partial charge on any atom is -0.456 e. The average Bonchev–Trinajstić information content (AvgIpc) is 2.92. The van der Waals surface area contributed by atoms with Crippen molar-refractivity contribution in [1.29, 1.82) is 0 Å². The lowest BCUT2D eigenvalue weighted by atomic mass is 10.0. The Morgan fingerprint density at radius 1 is 0.955 bits per heavy atom. The number of nitrogens with two attached hydrogens (primary N) is 1. The quantitative estimate of drug-likeness (QED) is 0.585. The maximum absolute atomic E-state index is 6.33. The Bertz CT molecular complexity index is 963. The van der Waals surface area contributed by atoms with Crippen LogP contribution in [0.5, 0.6) is 0 Å². The SMILES string of the molecule is NC(c1ccc2oc3ccc(Cl)cc3c2c1)c1ccccn1. The molecule has 22 heavy (non-hydrogen) atoms. The van der Waals surface area contributed by atoms with Crippen LogP contribution in [0.3, 0.4) is 0 Å². The Balaban J connectivity index is 1.89. The summed E-state index contributed by atoms with van der Waals surface area (Å²) < 4.78 is 5.83. The molecule has 0 radical (unpaired) electrons. The van der Waals surface area contributed by atoms with E-state index in [1.807, 2.05) is 48.5 Å². The highest BCUT2D eigenvalue weighted by Gasteiger charge is 2.13. The fourth-order valence-corrected chi connectivity index (χ4v) is 2.86. The number of halogens is 1. The summed E-state index contributed by atoms with van der Waals surface area (Å²) in [4.78, 5) is 4.33. The lowest BCUT2D eigenvalue weighted by molar-refractivity contribution is 0.668.